The molecule has 5 rings (SSSR count). The molecule has 0 aliphatic rings. The highest BCUT2D eigenvalue weighted by molar-refractivity contribution is 7.74. The quantitative estimate of drug-likeness (QED) is 0.107. The third kappa shape index (κ3) is 5.67. The van der Waals surface area contributed by atoms with Crippen molar-refractivity contribution in [2.24, 2.45) is 0 Å². The molecule has 1 amide bonds. The predicted octanol–water partition coefficient (Wildman–Crippen LogP) is 1.87. The molecule has 3 aromatic carbocycles. The SMILES string of the molecule is O=Cc1cc(C(=O)O)ccc1-n1nc(-c2ccc(C(=O)NCCOS(=O)[O-])cc2)n[n+]1-c1nc2ccccc2s1. The second-order valence-corrected chi connectivity index (χ2v) is 9.78. The van der Waals surface area contributed by atoms with E-state index in [1.807, 2.05) is 24.3 Å². The monoisotopic (exact) mass is 578 g/mol. The van der Waals surface area contributed by atoms with Crippen LogP contribution in [0.5, 0.6) is 0 Å². The number of aromatic carboxylic acids is 1. The number of hydrogen-bond donors (Lipinski definition) is 2. The van der Waals surface area contributed by atoms with Crippen molar-refractivity contribution in [2.45, 2.75) is 0 Å². The number of aromatic nitrogens is 5. The summed E-state index contributed by atoms with van der Waals surface area (Å²) in [6.45, 7) is -0.189. The summed E-state index contributed by atoms with van der Waals surface area (Å²) in [5, 5.41) is 21.6. The first-order valence-electron chi connectivity index (χ1n) is 11.5. The lowest BCUT2D eigenvalue weighted by molar-refractivity contribution is -0.734. The average Bonchev–Trinajstić information content (AvgIpc) is 3.59. The predicted molar refractivity (Wildman–Crippen MR) is 141 cm³/mol. The Kier molecular flexibility index (Phi) is 7.79. The maximum Gasteiger partial charge on any atom is 0.365 e. The highest BCUT2D eigenvalue weighted by atomic mass is 32.2. The fourth-order valence-corrected chi connectivity index (χ4v) is 4.86. The maximum absolute atomic E-state index is 12.4. The van der Waals surface area contributed by atoms with Gasteiger partial charge in [0.25, 0.3) is 11.7 Å². The van der Waals surface area contributed by atoms with Gasteiger partial charge in [-0.25, -0.2) is 9.00 Å². The van der Waals surface area contributed by atoms with E-state index in [4.69, 9.17) is 0 Å². The fourth-order valence-electron chi connectivity index (χ4n) is 3.74. The molecule has 202 valence electrons. The van der Waals surface area contributed by atoms with Gasteiger partial charge >= 0.3 is 11.1 Å². The summed E-state index contributed by atoms with van der Waals surface area (Å²) in [6, 6.07) is 18.0. The lowest BCUT2D eigenvalue weighted by Crippen LogP contribution is -2.43. The molecule has 0 bridgehead atoms. The molecule has 13 nitrogen and oxygen atoms in total. The molecule has 0 saturated heterocycles. The highest BCUT2D eigenvalue weighted by Crippen LogP contribution is 2.23. The van der Waals surface area contributed by atoms with Gasteiger partial charge in [-0.05, 0) is 69.3 Å². The molecule has 2 heterocycles. The Morgan fingerprint density at radius 2 is 1.88 bits per heavy atom. The van der Waals surface area contributed by atoms with Crippen molar-refractivity contribution in [1.82, 2.24) is 25.3 Å². The van der Waals surface area contributed by atoms with Gasteiger partial charge in [0.05, 0.1) is 28.2 Å². The molecule has 2 aromatic heterocycles. The van der Waals surface area contributed by atoms with Crippen molar-refractivity contribution >= 4 is 51.1 Å². The number of thiazole rings is 1. The summed E-state index contributed by atoms with van der Waals surface area (Å²) >= 11 is -1.30. The molecule has 1 unspecified atom stereocenters. The average molecular weight is 579 g/mol. The van der Waals surface area contributed by atoms with Crippen LogP contribution in [0.3, 0.4) is 0 Å². The Bertz CT molecular complexity index is 1730. The van der Waals surface area contributed by atoms with Gasteiger partial charge in [-0.2, -0.15) is 0 Å². The van der Waals surface area contributed by atoms with E-state index in [1.165, 1.54) is 39.1 Å². The Balaban J connectivity index is 1.52. The van der Waals surface area contributed by atoms with Gasteiger partial charge in [-0.3, -0.25) is 13.8 Å². The molecular formula is C25H18N6O7S2. The molecule has 15 heteroatoms. The summed E-state index contributed by atoms with van der Waals surface area (Å²) in [7, 11) is 0. The number of benzene rings is 3. The third-order valence-electron chi connectivity index (χ3n) is 5.60. The number of rotatable bonds is 10. The van der Waals surface area contributed by atoms with Crippen molar-refractivity contribution in [3.63, 3.8) is 0 Å². The van der Waals surface area contributed by atoms with Crippen molar-refractivity contribution in [3.8, 4) is 22.2 Å². The zero-order chi connectivity index (χ0) is 28.2. The number of tetrazole rings is 1. The molecule has 0 aliphatic carbocycles. The van der Waals surface area contributed by atoms with Gasteiger partial charge in [0, 0.05) is 28.3 Å². The van der Waals surface area contributed by atoms with Crippen molar-refractivity contribution < 1.29 is 37.2 Å². The Labute approximate surface area is 232 Å². The number of nitrogens with one attached hydrogen (secondary N) is 1. The first kappa shape index (κ1) is 26.9. The molecule has 5 aromatic rings. The van der Waals surface area contributed by atoms with Gasteiger partial charge in [0.2, 0.25) is 0 Å². The zero-order valence-corrected chi connectivity index (χ0v) is 21.9. The van der Waals surface area contributed by atoms with Gasteiger partial charge in [-0.15, -0.1) is 0 Å². The van der Waals surface area contributed by atoms with Crippen molar-refractivity contribution in [2.75, 3.05) is 13.2 Å². The molecule has 2 N–H and O–H groups in total. The van der Waals surface area contributed by atoms with Crippen LogP contribution in [0.15, 0.2) is 66.7 Å². The number of carbonyl (C=O) groups is 3. The zero-order valence-electron chi connectivity index (χ0n) is 20.3. The second kappa shape index (κ2) is 11.6. The Morgan fingerprint density at radius 1 is 1.12 bits per heavy atom. The summed E-state index contributed by atoms with van der Waals surface area (Å²) in [5.74, 6) is -1.36. The van der Waals surface area contributed by atoms with E-state index in [-0.39, 0.29) is 35.8 Å². The van der Waals surface area contributed by atoms with E-state index in [9.17, 15) is 28.3 Å². The minimum atomic E-state index is -2.66. The maximum atomic E-state index is 12.4. The lowest BCUT2D eigenvalue weighted by Gasteiger charge is -2.07. The molecular weight excluding hydrogens is 560 g/mol. The van der Waals surface area contributed by atoms with Crippen molar-refractivity contribution in [1.29, 1.82) is 0 Å². The largest absolute Gasteiger partial charge is 0.750 e. The first-order chi connectivity index (χ1) is 19.3. The van der Waals surface area contributed by atoms with Crippen molar-refractivity contribution in [3.05, 3.63) is 83.4 Å². The molecule has 0 aliphatic heterocycles. The van der Waals surface area contributed by atoms with Crippen LogP contribution >= 0.6 is 11.3 Å². The summed E-state index contributed by atoms with van der Waals surface area (Å²) < 4.78 is 26.1. The normalized spacial score (nSPS) is 11.8. The molecule has 0 spiro atoms. The second-order valence-electron chi connectivity index (χ2n) is 8.12. The van der Waals surface area contributed by atoms with Gasteiger partial charge in [0.1, 0.15) is 5.69 Å². The molecule has 0 fully saturated rings. The van der Waals surface area contributed by atoms with E-state index < -0.39 is 23.2 Å². The minimum absolute atomic E-state index is 0.00241. The summed E-state index contributed by atoms with van der Waals surface area (Å²) in [4.78, 5) is 43.1. The number of hydrogen-bond acceptors (Lipinski definition) is 10. The van der Waals surface area contributed by atoms with Crippen LogP contribution in [0.2, 0.25) is 0 Å². The number of para-hydroxylation sites is 1. The van der Waals surface area contributed by atoms with E-state index in [2.05, 4.69) is 24.7 Å². The van der Waals surface area contributed by atoms with Crippen LogP contribution in [0, 0.1) is 0 Å². The number of nitrogens with zero attached hydrogens (tertiary/aromatic N) is 5. The van der Waals surface area contributed by atoms with E-state index >= 15 is 0 Å². The first-order valence-corrected chi connectivity index (χ1v) is 13.4. The third-order valence-corrected chi connectivity index (χ3v) is 6.96. The molecule has 0 saturated carbocycles. The van der Waals surface area contributed by atoms with Gasteiger partial charge in [0.15, 0.2) is 11.8 Å². The molecule has 0 radical (unpaired) electrons. The number of fused-ring (bicyclic) bond motifs is 1. The van der Waals surface area contributed by atoms with Crippen LogP contribution in [0.4, 0.5) is 0 Å². The van der Waals surface area contributed by atoms with E-state index in [0.29, 0.717) is 22.5 Å². The molecule has 1 atom stereocenters. The Morgan fingerprint density at radius 3 is 2.58 bits per heavy atom. The number of carbonyl (C=O) groups excluding carboxylic acids is 2. The van der Waals surface area contributed by atoms with Crippen LogP contribution in [0.25, 0.3) is 32.4 Å². The van der Waals surface area contributed by atoms with Crippen LogP contribution in [0.1, 0.15) is 31.1 Å². The number of carboxylic acids is 1. The van der Waals surface area contributed by atoms with Gasteiger partial charge in [-0.1, -0.05) is 28.5 Å². The number of carboxylic acid groups (broad SMARTS) is 1. The standard InChI is InChI=1S/C25H18N6O7S2/c32-14-18-13-17(24(34)35)9-10-20(18)30-28-22(29-31(30)25-27-19-3-1-2-4-21(19)39-25)15-5-7-16(8-6-15)23(33)26-11-12-38-40(36)37/h1-10,13-14H,11-12H2,(H2-,26,33,34,35,36,37). The van der Waals surface area contributed by atoms with Crippen LogP contribution < -0.4 is 10.1 Å². The van der Waals surface area contributed by atoms with E-state index in [1.54, 1.807) is 24.3 Å². The highest BCUT2D eigenvalue weighted by Gasteiger charge is 2.26. The van der Waals surface area contributed by atoms with Gasteiger partial charge < -0.3 is 15.0 Å². The lowest BCUT2D eigenvalue weighted by atomic mass is 10.1. The number of aldehydes is 1. The molecule has 40 heavy (non-hydrogen) atoms. The smallest absolute Gasteiger partial charge is 0.365 e. The summed E-state index contributed by atoms with van der Waals surface area (Å²) in [6.07, 6.45) is 0.541. The minimum Gasteiger partial charge on any atom is -0.750 e. The number of amides is 1. The van der Waals surface area contributed by atoms with Crippen LogP contribution in [-0.4, -0.2) is 65.2 Å². The van der Waals surface area contributed by atoms with E-state index in [0.717, 1.165) is 10.2 Å². The summed E-state index contributed by atoms with van der Waals surface area (Å²) in [5.41, 5.74) is 1.92. The Hall–Kier alpha value is -4.70. The topological polar surface area (TPSA) is 180 Å². The fraction of sp³-hybridized carbons (Fsp3) is 0.0800. The van der Waals surface area contributed by atoms with Crippen LogP contribution in [-0.2, 0) is 15.5 Å².